The minimum Gasteiger partial charge on any atom is -0.389 e. The molecular formula is C23H30F2N2O2. The molecule has 6 heteroatoms. The van der Waals surface area contributed by atoms with Crippen LogP contribution in [0.15, 0.2) is 60.8 Å². The molecule has 4 nitrogen and oxygen atoms in total. The lowest BCUT2D eigenvalue weighted by atomic mass is 9.93. The molecule has 0 heterocycles. The van der Waals surface area contributed by atoms with E-state index in [9.17, 15) is 13.9 Å². The molecule has 0 amide bonds. The topological polar surface area (TPSA) is 67.5 Å². The van der Waals surface area contributed by atoms with Gasteiger partial charge in [0.1, 0.15) is 11.6 Å². The fraction of sp³-hybridized carbons (Fsp3) is 0.391. The molecule has 0 bridgehead atoms. The van der Waals surface area contributed by atoms with Gasteiger partial charge in [-0.25, -0.2) is 8.78 Å². The summed E-state index contributed by atoms with van der Waals surface area (Å²) in [6, 6.07) is 12.0. The zero-order chi connectivity index (χ0) is 21.4. The smallest absolute Gasteiger partial charge is 0.126 e. The number of ether oxygens (including phenoxy) is 1. The normalized spacial score (nSPS) is 15.4. The maximum atomic E-state index is 13.5. The molecule has 29 heavy (non-hydrogen) atoms. The second-order valence-electron chi connectivity index (χ2n) is 7.51. The monoisotopic (exact) mass is 404 g/mol. The van der Waals surface area contributed by atoms with Crippen LogP contribution in [-0.4, -0.2) is 29.4 Å². The minimum atomic E-state index is -0.958. The quantitative estimate of drug-likeness (QED) is 0.534. The van der Waals surface area contributed by atoms with Crippen LogP contribution in [0.25, 0.3) is 0 Å². The van der Waals surface area contributed by atoms with Crippen LogP contribution in [-0.2, 0) is 17.8 Å². The number of rotatable bonds is 11. The minimum absolute atomic E-state index is 0.169. The molecule has 4 atom stereocenters. The highest BCUT2D eigenvalue weighted by Gasteiger charge is 2.27. The molecule has 2 aromatic rings. The van der Waals surface area contributed by atoms with Gasteiger partial charge in [-0.15, -0.1) is 0 Å². The Balaban J connectivity index is 1.97. The number of nitrogens with two attached hydrogens (primary N) is 1. The lowest BCUT2D eigenvalue weighted by Crippen LogP contribution is -2.51. The first-order chi connectivity index (χ1) is 13.7. The van der Waals surface area contributed by atoms with Gasteiger partial charge >= 0.3 is 0 Å². The highest BCUT2D eigenvalue weighted by Crippen LogP contribution is 2.16. The summed E-state index contributed by atoms with van der Waals surface area (Å²) in [4.78, 5) is 0. The van der Waals surface area contributed by atoms with E-state index < -0.39 is 29.8 Å². The third kappa shape index (κ3) is 7.93. The summed E-state index contributed by atoms with van der Waals surface area (Å²) in [6.07, 6.45) is -0.493. The van der Waals surface area contributed by atoms with Gasteiger partial charge in [0.05, 0.1) is 24.9 Å². The van der Waals surface area contributed by atoms with Crippen molar-refractivity contribution in [3.05, 3.63) is 83.6 Å². The van der Waals surface area contributed by atoms with Crippen molar-refractivity contribution in [2.24, 2.45) is 5.73 Å². The van der Waals surface area contributed by atoms with Crippen molar-refractivity contribution in [2.75, 3.05) is 0 Å². The highest BCUT2D eigenvalue weighted by atomic mass is 19.1. The number of halogens is 2. The summed E-state index contributed by atoms with van der Waals surface area (Å²) in [5.74, 6) is -1.31. The van der Waals surface area contributed by atoms with Crippen LogP contribution in [0.1, 0.15) is 31.4 Å². The van der Waals surface area contributed by atoms with E-state index in [1.165, 1.54) is 12.1 Å². The molecule has 2 aromatic carbocycles. The highest BCUT2D eigenvalue weighted by molar-refractivity contribution is 5.20. The van der Waals surface area contributed by atoms with Crippen LogP contribution < -0.4 is 11.1 Å². The predicted molar refractivity (Wildman–Crippen MR) is 111 cm³/mol. The number of hydrogen-bond donors (Lipinski definition) is 3. The van der Waals surface area contributed by atoms with Gasteiger partial charge in [-0.2, -0.15) is 0 Å². The maximum absolute atomic E-state index is 13.5. The van der Waals surface area contributed by atoms with Gasteiger partial charge in [0.25, 0.3) is 0 Å². The van der Waals surface area contributed by atoms with Gasteiger partial charge < -0.3 is 20.9 Å². The van der Waals surface area contributed by atoms with Crippen LogP contribution >= 0.6 is 0 Å². The molecule has 2 rings (SSSR count). The molecular weight excluding hydrogens is 374 g/mol. The van der Waals surface area contributed by atoms with Gasteiger partial charge in [-0.1, -0.05) is 36.9 Å². The van der Waals surface area contributed by atoms with E-state index in [2.05, 4.69) is 11.9 Å². The van der Waals surface area contributed by atoms with Crippen LogP contribution in [0.3, 0.4) is 0 Å². The molecule has 0 saturated heterocycles. The molecule has 0 fully saturated rings. The Bertz CT molecular complexity index is 765. The second-order valence-corrected chi connectivity index (χ2v) is 7.51. The summed E-state index contributed by atoms with van der Waals surface area (Å²) in [6.45, 7) is 7.92. The molecule has 4 N–H and O–H groups in total. The molecule has 4 unspecified atom stereocenters. The van der Waals surface area contributed by atoms with Crippen LogP contribution in [0.2, 0.25) is 0 Å². The van der Waals surface area contributed by atoms with Crippen molar-refractivity contribution in [2.45, 2.75) is 57.6 Å². The van der Waals surface area contributed by atoms with E-state index in [0.717, 1.165) is 11.6 Å². The Hall–Kier alpha value is -2.28. The van der Waals surface area contributed by atoms with Crippen molar-refractivity contribution in [3.8, 4) is 0 Å². The fourth-order valence-electron chi connectivity index (χ4n) is 3.26. The second kappa shape index (κ2) is 11.0. The molecule has 0 aliphatic heterocycles. The van der Waals surface area contributed by atoms with Crippen LogP contribution in [0, 0.1) is 11.6 Å². The Kier molecular flexibility index (Phi) is 8.76. The molecule has 0 aromatic heterocycles. The van der Waals surface area contributed by atoms with E-state index in [1.54, 1.807) is 6.92 Å². The Labute approximate surface area is 171 Å². The summed E-state index contributed by atoms with van der Waals surface area (Å²) in [7, 11) is 0. The first kappa shape index (κ1) is 23.0. The lowest BCUT2D eigenvalue weighted by Gasteiger charge is -2.31. The van der Waals surface area contributed by atoms with E-state index in [0.29, 0.717) is 24.3 Å². The fourth-order valence-corrected chi connectivity index (χ4v) is 3.26. The standard InChI is InChI=1S/C23H30F2N2O2/c1-15(2)27-22(12-18-10-19(24)13-20(25)11-18)23(28)21(26)9-16(3)29-14-17-7-5-4-6-8-17/h4-8,10-11,13,16,21-23,27-28H,1,9,12,14,26H2,2-3H3. The lowest BCUT2D eigenvalue weighted by molar-refractivity contribution is 0.0221. The van der Waals surface area contributed by atoms with Crippen LogP contribution in [0.5, 0.6) is 0 Å². The maximum Gasteiger partial charge on any atom is 0.126 e. The number of nitrogens with one attached hydrogen (secondary N) is 1. The van der Waals surface area contributed by atoms with Gasteiger partial charge in [0.15, 0.2) is 0 Å². The molecule has 0 spiro atoms. The van der Waals surface area contributed by atoms with Crippen molar-refractivity contribution in [3.63, 3.8) is 0 Å². The summed E-state index contributed by atoms with van der Waals surface area (Å²) < 4.78 is 32.9. The molecule has 0 aliphatic carbocycles. The average molecular weight is 405 g/mol. The van der Waals surface area contributed by atoms with Crippen molar-refractivity contribution in [1.82, 2.24) is 5.32 Å². The number of allylic oxidation sites excluding steroid dienone is 1. The Morgan fingerprint density at radius 2 is 1.76 bits per heavy atom. The van der Waals surface area contributed by atoms with Gasteiger partial charge in [0.2, 0.25) is 0 Å². The SMILES string of the molecule is C=C(C)NC(Cc1cc(F)cc(F)c1)C(O)C(N)CC(C)OCc1ccccc1. The predicted octanol–water partition coefficient (Wildman–Crippen LogP) is 3.68. The third-order valence-electron chi connectivity index (χ3n) is 4.64. The number of aliphatic hydroxyl groups is 1. The summed E-state index contributed by atoms with van der Waals surface area (Å²) in [5.41, 5.74) is 8.35. The Morgan fingerprint density at radius 1 is 1.14 bits per heavy atom. The van der Waals surface area contributed by atoms with Crippen molar-refractivity contribution in [1.29, 1.82) is 0 Å². The number of benzene rings is 2. The molecule has 0 radical (unpaired) electrons. The van der Waals surface area contributed by atoms with Gasteiger partial charge in [-0.3, -0.25) is 0 Å². The first-order valence-corrected chi connectivity index (χ1v) is 9.70. The van der Waals surface area contributed by atoms with Crippen LogP contribution in [0.4, 0.5) is 8.78 Å². The number of hydrogen-bond acceptors (Lipinski definition) is 4. The van der Waals surface area contributed by atoms with E-state index in [-0.39, 0.29) is 12.5 Å². The van der Waals surface area contributed by atoms with E-state index in [4.69, 9.17) is 10.5 Å². The zero-order valence-corrected chi connectivity index (χ0v) is 16.9. The van der Waals surface area contributed by atoms with E-state index >= 15 is 0 Å². The molecule has 0 aliphatic rings. The average Bonchev–Trinajstić information content (AvgIpc) is 2.65. The van der Waals surface area contributed by atoms with Crippen molar-refractivity contribution >= 4 is 0 Å². The summed E-state index contributed by atoms with van der Waals surface area (Å²) in [5, 5.41) is 13.9. The first-order valence-electron chi connectivity index (χ1n) is 9.70. The van der Waals surface area contributed by atoms with E-state index in [1.807, 2.05) is 37.3 Å². The number of aliphatic hydroxyl groups excluding tert-OH is 1. The third-order valence-corrected chi connectivity index (χ3v) is 4.64. The van der Waals surface area contributed by atoms with Gasteiger partial charge in [0, 0.05) is 17.8 Å². The molecule has 158 valence electrons. The van der Waals surface area contributed by atoms with Crippen molar-refractivity contribution < 1.29 is 18.6 Å². The van der Waals surface area contributed by atoms with Gasteiger partial charge in [-0.05, 0) is 49.9 Å². The Morgan fingerprint density at radius 3 is 2.34 bits per heavy atom. The zero-order valence-electron chi connectivity index (χ0n) is 16.9. The molecule has 0 saturated carbocycles. The largest absolute Gasteiger partial charge is 0.389 e. The summed E-state index contributed by atoms with van der Waals surface area (Å²) >= 11 is 0.